The topological polar surface area (TPSA) is 51.1 Å². The molecule has 5 heteroatoms. The summed E-state index contributed by atoms with van der Waals surface area (Å²) in [6.07, 6.45) is 0. The molecular formula is C20H23N3O2+2. The van der Waals surface area contributed by atoms with Gasteiger partial charge in [-0.2, -0.15) is 5.26 Å². The molecule has 0 spiro atoms. The summed E-state index contributed by atoms with van der Waals surface area (Å²) in [5.74, 6) is 1.73. The molecule has 0 bridgehead atoms. The van der Waals surface area contributed by atoms with Crippen molar-refractivity contribution in [2.45, 2.75) is 13.1 Å². The molecule has 0 atom stereocenters. The molecule has 2 aromatic carbocycles. The molecule has 1 saturated heterocycles. The third-order valence-corrected chi connectivity index (χ3v) is 5.09. The van der Waals surface area contributed by atoms with Crippen molar-refractivity contribution in [3.8, 4) is 17.6 Å². The Bertz CT molecular complexity index is 775. The summed E-state index contributed by atoms with van der Waals surface area (Å²) in [5.41, 5.74) is 3.36. The van der Waals surface area contributed by atoms with Gasteiger partial charge in [0.05, 0.1) is 11.6 Å². The van der Waals surface area contributed by atoms with Crippen LogP contribution in [-0.4, -0.2) is 33.0 Å². The largest absolute Gasteiger partial charge is 0.454 e. The molecule has 4 rings (SSSR count). The van der Waals surface area contributed by atoms with Crippen LogP contribution in [0.1, 0.15) is 16.7 Å². The number of quaternary nitrogens is 2. The van der Waals surface area contributed by atoms with Crippen LogP contribution in [0, 0.1) is 11.3 Å². The van der Waals surface area contributed by atoms with Gasteiger partial charge >= 0.3 is 0 Å². The maximum atomic E-state index is 8.88. The van der Waals surface area contributed by atoms with Crippen molar-refractivity contribution in [2.75, 3.05) is 33.0 Å². The van der Waals surface area contributed by atoms with Crippen molar-refractivity contribution in [1.82, 2.24) is 0 Å². The molecule has 5 nitrogen and oxygen atoms in total. The molecule has 0 amide bonds. The van der Waals surface area contributed by atoms with Crippen molar-refractivity contribution in [3.63, 3.8) is 0 Å². The predicted molar refractivity (Wildman–Crippen MR) is 92.5 cm³/mol. The van der Waals surface area contributed by atoms with Gasteiger partial charge in [0.25, 0.3) is 0 Å². The Kier molecular flexibility index (Phi) is 4.55. The van der Waals surface area contributed by atoms with E-state index in [2.05, 4.69) is 30.3 Å². The molecule has 2 N–H and O–H groups in total. The van der Waals surface area contributed by atoms with Crippen molar-refractivity contribution in [2.24, 2.45) is 0 Å². The minimum atomic E-state index is 0.336. The van der Waals surface area contributed by atoms with Gasteiger partial charge < -0.3 is 19.3 Å². The third kappa shape index (κ3) is 3.76. The number of nitriles is 1. The van der Waals surface area contributed by atoms with Crippen molar-refractivity contribution in [3.05, 3.63) is 59.2 Å². The first-order chi connectivity index (χ1) is 12.3. The molecule has 2 aliphatic rings. The fourth-order valence-corrected chi connectivity index (χ4v) is 3.64. The number of hydrogen-bond donors (Lipinski definition) is 2. The third-order valence-electron chi connectivity index (χ3n) is 5.09. The zero-order valence-corrected chi connectivity index (χ0v) is 14.3. The Morgan fingerprint density at radius 3 is 2.08 bits per heavy atom. The van der Waals surface area contributed by atoms with E-state index in [-0.39, 0.29) is 0 Å². The molecule has 2 heterocycles. The van der Waals surface area contributed by atoms with Crippen molar-refractivity contribution < 1.29 is 19.3 Å². The summed E-state index contributed by atoms with van der Waals surface area (Å²) in [6.45, 7) is 7.15. The van der Waals surface area contributed by atoms with E-state index in [4.69, 9.17) is 14.7 Å². The zero-order chi connectivity index (χ0) is 17.1. The van der Waals surface area contributed by atoms with Crippen molar-refractivity contribution >= 4 is 0 Å². The number of hydrogen-bond acceptors (Lipinski definition) is 3. The quantitative estimate of drug-likeness (QED) is 0.810. The first-order valence-electron chi connectivity index (χ1n) is 8.85. The van der Waals surface area contributed by atoms with E-state index in [1.165, 1.54) is 37.3 Å². The molecule has 2 aromatic rings. The Labute approximate surface area is 148 Å². The van der Waals surface area contributed by atoms with Gasteiger partial charge in [-0.15, -0.1) is 0 Å². The SMILES string of the molecule is N#Cc1ccc(C[NH+]2CC[NH+](Cc3ccc4c(c3)OCO4)CC2)cc1. The lowest BCUT2D eigenvalue weighted by atomic mass is 10.1. The second-order valence-electron chi connectivity index (χ2n) is 6.85. The van der Waals surface area contributed by atoms with Crippen LogP contribution in [0.4, 0.5) is 0 Å². The minimum Gasteiger partial charge on any atom is -0.454 e. The Hall–Kier alpha value is -2.55. The zero-order valence-electron chi connectivity index (χ0n) is 14.3. The molecule has 0 aromatic heterocycles. The summed E-state index contributed by atoms with van der Waals surface area (Å²) >= 11 is 0. The van der Waals surface area contributed by atoms with E-state index in [1.54, 1.807) is 9.80 Å². The number of nitrogens with one attached hydrogen (secondary N) is 2. The Balaban J connectivity index is 1.28. The van der Waals surface area contributed by atoms with Gasteiger partial charge in [0.15, 0.2) is 11.5 Å². The minimum absolute atomic E-state index is 0.336. The molecule has 2 aliphatic heterocycles. The van der Waals surface area contributed by atoms with Crippen LogP contribution >= 0.6 is 0 Å². The van der Waals surface area contributed by atoms with Gasteiger partial charge in [-0.1, -0.05) is 12.1 Å². The fraction of sp³-hybridized carbons (Fsp3) is 0.350. The second-order valence-corrected chi connectivity index (χ2v) is 6.85. The maximum Gasteiger partial charge on any atom is 0.231 e. The number of rotatable bonds is 4. The van der Waals surface area contributed by atoms with E-state index in [9.17, 15) is 0 Å². The van der Waals surface area contributed by atoms with E-state index >= 15 is 0 Å². The molecule has 128 valence electrons. The van der Waals surface area contributed by atoms with Gasteiger partial charge in [0.1, 0.15) is 39.3 Å². The van der Waals surface area contributed by atoms with Gasteiger partial charge in [-0.25, -0.2) is 0 Å². The van der Waals surface area contributed by atoms with Crippen LogP contribution in [0.3, 0.4) is 0 Å². The van der Waals surface area contributed by atoms with Crippen LogP contribution in [-0.2, 0) is 13.1 Å². The van der Waals surface area contributed by atoms with Crippen molar-refractivity contribution in [1.29, 1.82) is 5.26 Å². The molecule has 0 saturated carbocycles. The lowest BCUT2D eigenvalue weighted by Crippen LogP contribution is -3.27. The summed E-state index contributed by atoms with van der Waals surface area (Å²) in [4.78, 5) is 3.25. The van der Waals surface area contributed by atoms with Crippen LogP contribution in [0.2, 0.25) is 0 Å². The number of piperazine rings is 1. The van der Waals surface area contributed by atoms with E-state index in [0.29, 0.717) is 6.79 Å². The van der Waals surface area contributed by atoms with E-state index in [0.717, 1.165) is 30.2 Å². The molecule has 0 aliphatic carbocycles. The normalized spacial score (nSPS) is 21.7. The van der Waals surface area contributed by atoms with Gasteiger partial charge in [-0.05, 0) is 30.3 Å². The highest BCUT2D eigenvalue weighted by molar-refractivity contribution is 5.44. The monoisotopic (exact) mass is 337 g/mol. The smallest absolute Gasteiger partial charge is 0.231 e. The van der Waals surface area contributed by atoms with Gasteiger partial charge in [0.2, 0.25) is 6.79 Å². The average Bonchev–Trinajstić information content (AvgIpc) is 3.12. The summed E-state index contributed by atoms with van der Waals surface area (Å²) in [6, 6.07) is 16.4. The first-order valence-corrected chi connectivity index (χ1v) is 8.85. The number of fused-ring (bicyclic) bond motifs is 1. The van der Waals surface area contributed by atoms with E-state index in [1.807, 2.05) is 18.2 Å². The first kappa shape index (κ1) is 15.9. The summed E-state index contributed by atoms with van der Waals surface area (Å²) in [5, 5.41) is 8.88. The molecule has 0 unspecified atom stereocenters. The molecule has 25 heavy (non-hydrogen) atoms. The molecule has 1 fully saturated rings. The highest BCUT2D eigenvalue weighted by atomic mass is 16.7. The number of nitrogens with zero attached hydrogens (tertiary/aromatic N) is 1. The Morgan fingerprint density at radius 1 is 0.800 bits per heavy atom. The van der Waals surface area contributed by atoms with Crippen LogP contribution in [0.15, 0.2) is 42.5 Å². The highest BCUT2D eigenvalue weighted by Crippen LogP contribution is 2.32. The number of ether oxygens (including phenoxy) is 2. The highest BCUT2D eigenvalue weighted by Gasteiger charge is 2.24. The van der Waals surface area contributed by atoms with Crippen LogP contribution in [0.5, 0.6) is 11.5 Å². The fourth-order valence-electron chi connectivity index (χ4n) is 3.64. The average molecular weight is 337 g/mol. The second kappa shape index (κ2) is 7.14. The standard InChI is InChI=1S/C20H21N3O2/c21-12-16-1-3-17(4-2-16)13-22-7-9-23(10-8-22)14-18-5-6-19-20(11-18)25-15-24-19/h1-6,11H,7-10,13-15H2/p+2. The molecular weight excluding hydrogens is 314 g/mol. The lowest BCUT2D eigenvalue weighted by Gasteiger charge is -2.29. The summed E-state index contributed by atoms with van der Waals surface area (Å²) in [7, 11) is 0. The van der Waals surface area contributed by atoms with Crippen LogP contribution in [0.25, 0.3) is 0 Å². The Morgan fingerprint density at radius 2 is 1.40 bits per heavy atom. The van der Waals surface area contributed by atoms with E-state index < -0.39 is 0 Å². The number of benzene rings is 2. The molecule has 0 radical (unpaired) electrons. The summed E-state index contributed by atoms with van der Waals surface area (Å²) < 4.78 is 10.9. The predicted octanol–water partition coefficient (Wildman–Crippen LogP) is -0.229. The van der Waals surface area contributed by atoms with Gasteiger partial charge in [0, 0.05) is 11.1 Å². The maximum absolute atomic E-state index is 8.88. The van der Waals surface area contributed by atoms with Gasteiger partial charge in [-0.3, -0.25) is 0 Å². The lowest BCUT2D eigenvalue weighted by molar-refractivity contribution is -1.02. The van der Waals surface area contributed by atoms with Crippen LogP contribution < -0.4 is 19.3 Å².